The lowest BCUT2D eigenvalue weighted by Crippen LogP contribution is -2.44. The van der Waals surface area contributed by atoms with Gasteiger partial charge in [-0.25, -0.2) is 0 Å². The smallest absolute Gasteiger partial charge is 0.289 e. The largest absolute Gasteiger partial charge is 0.456 e. The first-order valence-corrected chi connectivity index (χ1v) is 6.67. The molecular formula is C13H19N5O2. The Morgan fingerprint density at radius 3 is 2.90 bits per heavy atom. The summed E-state index contributed by atoms with van der Waals surface area (Å²) >= 11 is 0. The van der Waals surface area contributed by atoms with Crippen LogP contribution in [0.25, 0.3) is 10.4 Å². The fourth-order valence-electron chi connectivity index (χ4n) is 2.40. The van der Waals surface area contributed by atoms with Crippen molar-refractivity contribution in [1.82, 2.24) is 9.80 Å². The van der Waals surface area contributed by atoms with Crippen molar-refractivity contribution in [2.24, 2.45) is 5.11 Å². The van der Waals surface area contributed by atoms with Crippen LogP contribution in [0, 0.1) is 0 Å². The zero-order chi connectivity index (χ0) is 14.5. The Morgan fingerprint density at radius 2 is 2.25 bits per heavy atom. The van der Waals surface area contributed by atoms with Crippen molar-refractivity contribution in [3.8, 4) is 0 Å². The molecule has 20 heavy (non-hydrogen) atoms. The van der Waals surface area contributed by atoms with Crippen LogP contribution in [0.1, 0.15) is 29.2 Å². The lowest BCUT2D eigenvalue weighted by atomic mass is 10.0. The molecule has 0 spiro atoms. The molecule has 1 aliphatic heterocycles. The zero-order valence-corrected chi connectivity index (χ0v) is 11.8. The number of likely N-dealkylation sites (tertiary alicyclic amines) is 1. The Labute approximate surface area is 117 Å². The Kier molecular flexibility index (Phi) is 4.65. The van der Waals surface area contributed by atoms with Gasteiger partial charge >= 0.3 is 0 Å². The molecule has 7 heteroatoms. The Bertz CT molecular complexity index is 513. The van der Waals surface area contributed by atoms with E-state index in [4.69, 9.17) is 9.95 Å². The van der Waals surface area contributed by atoms with Gasteiger partial charge in [0.2, 0.25) is 0 Å². The van der Waals surface area contributed by atoms with Gasteiger partial charge in [0.15, 0.2) is 5.76 Å². The molecule has 0 unspecified atom stereocenters. The van der Waals surface area contributed by atoms with Crippen molar-refractivity contribution < 1.29 is 9.21 Å². The van der Waals surface area contributed by atoms with Gasteiger partial charge in [-0.1, -0.05) is 5.11 Å². The summed E-state index contributed by atoms with van der Waals surface area (Å²) < 4.78 is 5.41. The van der Waals surface area contributed by atoms with Gasteiger partial charge < -0.3 is 14.2 Å². The predicted molar refractivity (Wildman–Crippen MR) is 74.2 cm³/mol. The fraction of sp³-hybridized carbons (Fsp3) is 0.615. The molecule has 1 aliphatic rings. The average molecular weight is 277 g/mol. The highest BCUT2D eigenvalue weighted by atomic mass is 16.4. The van der Waals surface area contributed by atoms with Crippen molar-refractivity contribution in [3.05, 3.63) is 34.1 Å². The second-order valence-electron chi connectivity index (χ2n) is 5.11. The highest BCUT2D eigenvalue weighted by Gasteiger charge is 2.26. The highest BCUT2D eigenvalue weighted by molar-refractivity contribution is 5.91. The molecule has 108 valence electrons. The molecule has 0 aliphatic carbocycles. The summed E-state index contributed by atoms with van der Waals surface area (Å²) in [6.45, 7) is 2.13. The minimum Gasteiger partial charge on any atom is -0.456 e. The number of hydrogen-bond donors (Lipinski definition) is 0. The number of nitrogens with zero attached hydrogens (tertiary/aromatic N) is 5. The number of azide groups is 1. The van der Waals surface area contributed by atoms with E-state index in [0.717, 1.165) is 25.9 Å². The number of carbonyl (C=O) groups is 1. The van der Waals surface area contributed by atoms with Crippen molar-refractivity contribution >= 4 is 5.91 Å². The van der Waals surface area contributed by atoms with E-state index in [0.29, 0.717) is 11.5 Å². The number of furan rings is 1. The molecule has 1 saturated heterocycles. The van der Waals surface area contributed by atoms with Gasteiger partial charge in [-0.3, -0.25) is 4.79 Å². The minimum absolute atomic E-state index is 0.119. The summed E-state index contributed by atoms with van der Waals surface area (Å²) in [4.78, 5) is 19.0. The van der Waals surface area contributed by atoms with Gasteiger partial charge in [-0.2, -0.15) is 0 Å². The molecule has 0 bridgehead atoms. The van der Waals surface area contributed by atoms with Gasteiger partial charge in [0.25, 0.3) is 5.91 Å². The van der Waals surface area contributed by atoms with Crippen LogP contribution in [0.3, 0.4) is 0 Å². The topological polar surface area (TPSA) is 85.5 Å². The number of amides is 1. The lowest BCUT2D eigenvalue weighted by Gasteiger charge is -2.34. The molecule has 1 aromatic heterocycles. The zero-order valence-electron chi connectivity index (χ0n) is 11.8. The number of hydrogen-bond acceptors (Lipinski definition) is 4. The van der Waals surface area contributed by atoms with E-state index in [1.807, 2.05) is 7.05 Å². The normalized spacial score (nSPS) is 16.7. The van der Waals surface area contributed by atoms with E-state index in [2.05, 4.69) is 22.0 Å². The first-order chi connectivity index (χ1) is 9.61. The van der Waals surface area contributed by atoms with E-state index in [1.54, 1.807) is 17.0 Å². The molecule has 0 aromatic carbocycles. The molecule has 1 fully saturated rings. The molecule has 2 heterocycles. The Balaban J connectivity index is 1.99. The van der Waals surface area contributed by atoms with Gasteiger partial charge in [0.05, 0.1) is 6.54 Å². The molecule has 2 rings (SSSR count). The third-order valence-electron chi connectivity index (χ3n) is 3.72. The quantitative estimate of drug-likeness (QED) is 0.480. The van der Waals surface area contributed by atoms with Crippen molar-refractivity contribution in [2.75, 3.05) is 27.2 Å². The maximum absolute atomic E-state index is 12.3. The van der Waals surface area contributed by atoms with Gasteiger partial charge in [-0.05, 0) is 50.6 Å². The van der Waals surface area contributed by atoms with Crippen LogP contribution in [-0.2, 0) is 6.54 Å². The number of carbonyl (C=O) groups excluding carboxylic acids is 1. The van der Waals surface area contributed by atoms with Crippen LogP contribution in [-0.4, -0.2) is 48.9 Å². The highest BCUT2D eigenvalue weighted by Crippen LogP contribution is 2.18. The maximum Gasteiger partial charge on any atom is 0.289 e. The van der Waals surface area contributed by atoms with Crippen LogP contribution < -0.4 is 0 Å². The van der Waals surface area contributed by atoms with E-state index < -0.39 is 0 Å². The van der Waals surface area contributed by atoms with Crippen molar-refractivity contribution in [3.63, 3.8) is 0 Å². The summed E-state index contributed by atoms with van der Waals surface area (Å²) in [6, 6.07) is 3.56. The van der Waals surface area contributed by atoms with E-state index >= 15 is 0 Å². The molecule has 7 nitrogen and oxygen atoms in total. The number of rotatable bonds is 4. The summed E-state index contributed by atoms with van der Waals surface area (Å²) in [7, 11) is 3.90. The molecule has 0 saturated carbocycles. The molecule has 1 aromatic rings. The van der Waals surface area contributed by atoms with Crippen LogP contribution in [0.4, 0.5) is 0 Å². The lowest BCUT2D eigenvalue weighted by molar-refractivity contribution is 0.0626. The van der Waals surface area contributed by atoms with E-state index in [-0.39, 0.29) is 18.5 Å². The first kappa shape index (κ1) is 14.4. The average Bonchev–Trinajstić information content (AvgIpc) is 2.93. The van der Waals surface area contributed by atoms with Crippen LogP contribution >= 0.6 is 0 Å². The van der Waals surface area contributed by atoms with Crippen LogP contribution in [0.15, 0.2) is 21.7 Å². The standard InChI is InChI=1S/C13H19N5O2/c1-17-7-5-10(6-8-17)18(2)13(19)12-4-3-11(20-12)9-15-16-14/h3-4,10H,5-9H2,1-2H3. The Morgan fingerprint density at radius 1 is 1.55 bits per heavy atom. The van der Waals surface area contributed by atoms with Gasteiger partial charge in [-0.15, -0.1) is 0 Å². The van der Waals surface area contributed by atoms with Crippen LogP contribution in [0.2, 0.25) is 0 Å². The molecule has 0 atom stereocenters. The van der Waals surface area contributed by atoms with E-state index in [1.165, 1.54) is 0 Å². The predicted octanol–water partition coefficient (Wildman–Crippen LogP) is 2.26. The Hall–Kier alpha value is -1.98. The van der Waals surface area contributed by atoms with Crippen LogP contribution in [0.5, 0.6) is 0 Å². The van der Waals surface area contributed by atoms with Gasteiger partial charge in [0.1, 0.15) is 5.76 Å². The molecule has 0 N–H and O–H groups in total. The second kappa shape index (κ2) is 6.45. The third kappa shape index (κ3) is 3.31. The molecule has 0 radical (unpaired) electrons. The molecule has 1 amide bonds. The monoisotopic (exact) mass is 277 g/mol. The summed E-state index contributed by atoms with van der Waals surface area (Å²) in [5.41, 5.74) is 8.26. The van der Waals surface area contributed by atoms with Crippen molar-refractivity contribution in [2.45, 2.75) is 25.4 Å². The summed E-state index contributed by atoms with van der Waals surface area (Å²) in [5.74, 6) is 0.684. The minimum atomic E-state index is -0.119. The summed E-state index contributed by atoms with van der Waals surface area (Å²) in [5, 5.41) is 3.41. The summed E-state index contributed by atoms with van der Waals surface area (Å²) in [6.07, 6.45) is 1.95. The molecular weight excluding hydrogens is 258 g/mol. The SMILES string of the molecule is CN1CCC(N(C)C(=O)c2ccc(CN=[N+]=[N-])o2)CC1. The van der Waals surface area contributed by atoms with Gasteiger partial charge in [0, 0.05) is 18.0 Å². The number of piperidine rings is 1. The second-order valence-corrected chi connectivity index (χ2v) is 5.11. The third-order valence-corrected chi connectivity index (χ3v) is 3.72. The van der Waals surface area contributed by atoms with Crippen molar-refractivity contribution in [1.29, 1.82) is 0 Å². The first-order valence-electron chi connectivity index (χ1n) is 6.67. The maximum atomic E-state index is 12.3. The van der Waals surface area contributed by atoms with E-state index in [9.17, 15) is 4.79 Å². The fourth-order valence-corrected chi connectivity index (χ4v) is 2.40.